The Bertz CT molecular complexity index is 988. The second-order valence-electron chi connectivity index (χ2n) is 7.46. The predicted molar refractivity (Wildman–Crippen MR) is 126 cm³/mol. The van der Waals surface area contributed by atoms with Gasteiger partial charge in [0.05, 0.1) is 18.6 Å². The van der Waals surface area contributed by atoms with Crippen LogP contribution in [0.1, 0.15) is 34.3 Å². The Balaban J connectivity index is 1.50. The van der Waals surface area contributed by atoms with Crippen LogP contribution in [0, 0.1) is 0 Å². The highest BCUT2D eigenvalue weighted by Crippen LogP contribution is 2.23. The summed E-state index contributed by atoms with van der Waals surface area (Å²) in [4.78, 5) is 13.0. The second-order valence-corrected chi connectivity index (χ2v) is 7.46. The SMILES string of the molecule is O=C(CNC(c1ccccc1)c1ccccc1)NC(c1ccccc1)c1ccccc1. The lowest BCUT2D eigenvalue weighted by molar-refractivity contribution is -0.120. The van der Waals surface area contributed by atoms with Crippen molar-refractivity contribution in [3.63, 3.8) is 0 Å². The smallest absolute Gasteiger partial charge is 0.234 e. The highest BCUT2D eigenvalue weighted by Gasteiger charge is 2.19. The van der Waals surface area contributed by atoms with E-state index in [2.05, 4.69) is 34.9 Å². The first kappa shape index (κ1) is 20.6. The highest BCUT2D eigenvalue weighted by atomic mass is 16.2. The maximum absolute atomic E-state index is 13.0. The van der Waals surface area contributed by atoms with Gasteiger partial charge in [0.1, 0.15) is 0 Å². The molecule has 0 bridgehead atoms. The molecule has 0 heterocycles. The Morgan fingerprint density at radius 2 is 0.839 bits per heavy atom. The lowest BCUT2D eigenvalue weighted by atomic mass is 9.98. The van der Waals surface area contributed by atoms with Gasteiger partial charge in [-0.05, 0) is 22.3 Å². The molecule has 4 aromatic rings. The molecule has 0 aliphatic carbocycles. The molecule has 3 heteroatoms. The molecule has 0 radical (unpaired) electrons. The fraction of sp³-hybridized carbons (Fsp3) is 0.107. The van der Waals surface area contributed by atoms with E-state index >= 15 is 0 Å². The molecular weight excluding hydrogens is 380 g/mol. The van der Waals surface area contributed by atoms with E-state index in [1.54, 1.807) is 0 Å². The average molecular weight is 407 g/mol. The number of amides is 1. The highest BCUT2D eigenvalue weighted by molar-refractivity contribution is 5.79. The van der Waals surface area contributed by atoms with E-state index in [9.17, 15) is 4.79 Å². The Morgan fingerprint density at radius 3 is 1.19 bits per heavy atom. The van der Waals surface area contributed by atoms with Gasteiger partial charge in [0.2, 0.25) is 5.91 Å². The number of nitrogens with one attached hydrogen (secondary N) is 2. The molecule has 0 spiro atoms. The van der Waals surface area contributed by atoms with Crippen LogP contribution in [0.3, 0.4) is 0 Å². The molecule has 2 N–H and O–H groups in total. The van der Waals surface area contributed by atoms with Crippen LogP contribution >= 0.6 is 0 Å². The first-order valence-corrected chi connectivity index (χ1v) is 10.5. The van der Waals surface area contributed by atoms with E-state index in [-0.39, 0.29) is 24.5 Å². The molecule has 0 aliphatic rings. The molecule has 0 aromatic heterocycles. The number of hydrogen-bond acceptors (Lipinski definition) is 2. The minimum atomic E-state index is -0.191. The van der Waals surface area contributed by atoms with Gasteiger partial charge in [0, 0.05) is 0 Å². The van der Waals surface area contributed by atoms with Crippen molar-refractivity contribution in [3.8, 4) is 0 Å². The summed E-state index contributed by atoms with van der Waals surface area (Å²) in [6, 6.07) is 40.3. The van der Waals surface area contributed by atoms with E-state index in [0.717, 1.165) is 22.3 Å². The third kappa shape index (κ3) is 5.47. The molecule has 4 rings (SSSR count). The summed E-state index contributed by atoms with van der Waals surface area (Å²) in [5.41, 5.74) is 4.38. The molecule has 154 valence electrons. The van der Waals surface area contributed by atoms with Crippen molar-refractivity contribution in [2.75, 3.05) is 6.54 Å². The largest absolute Gasteiger partial charge is 0.344 e. The topological polar surface area (TPSA) is 41.1 Å². The summed E-state index contributed by atoms with van der Waals surface area (Å²) in [5.74, 6) is -0.0467. The molecule has 0 unspecified atom stereocenters. The van der Waals surface area contributed by atoms with Crippen LogP contribution in [0.2, 0.25) is 0 Å². The third-order valence-electron chi connectivity index (χ3n) is 5.30. The summed E-state index contributed by atoms with van der Waals surface area (Å²) >= 11 is 0. The second kappa shape index (κ2) is 10.4. The Hall–Kier alpha value is -3.69. The molecule has 1 amide bonds. The van der Waals surface area contributed by atoms with Crippen molar-refractivity contribution in [1.29, 1.82) is 0 Å². The van der Waals surface area contributed by atoms with Gasteiger partial charge >= 0.3 is 0 Å². The summed E-state index contributed by atoms with van der Waals surface area (Å²) in [5, 5.41) is 6.65. The van der Waals surface area contributed by atoms with Gasteiger partial charge in [-0.25, -0.2) is 0 Å². The van der Waals surface area contributed by atoms with E-state index in [1.165, 1.54) is 0 Å². The van der Waals surface area contributed by atoms with Gasteiger partial charge in [-0.15, -0.1) is 0 Å². The molecule has 0 atom stereocenters. The molecule has 0 aliphatic heterocycles. The lowest BCUT2D eigenvalue weighted by Gasteiger charge is -2.23. The Labute approximate surface area is 183 Å². The normalized spacial score (nSPS) is 10.9. The van der Waals surface area contributed by atoms with Gasteiger partial charge < -0.3 is 5.32 Å². The van der Waals surface area contributed by atoms with Crippen LogP contribution in [0.4, 0.5) is 0 Å². The minimum absolute atomic E-state index is 0.0467. The number of hydrogen-bond donors (Lipinski definition) is 2. The fourth-order valence-corrected chi connectivity index (χ4v) is 3.78. The van der Waals surface area contributed by atoms with Crippen molar-refractivity contribution < 1.29 is 4.79 Å². The van der Waals surface area contributed by atoms with Gasteiger partial charge in [0.25, 0.3) is 0 Å². The van der Waals surface area contributed by atoms with Crippen LogP contribution in [0.25, 0.3) is 0 Å². The summed E-state index contributed by atoms with van der Waals surface area (Å²) < 4.78 is 0. The molecule has 4 aromatic carbocycles. The predicted octanol–water partition coefficient (Wildman–Crippen LogP) is 5.27. The molecular formula is C28H26N2O. The van der Waals surface area contributed by atoms with E-state index in [0.29, 0.717) is 0 Å². The van der Waals surface area contributed by atoms with Crippen LogP contribution in [-0.2, 0) is 4.79 Å². The van der Waals surface area contributed by atoms with E-state index in [1.807, 2.05) is 97.1 Å². The average Bonchev–Trinajstić information content (AvgIpc) is 2.85. The van der Waals surface area contributed by atoms with Crippen molar-refractivity contribution in [2.45, 2.75) is 12.1 Å². The van der Waals surface area contributed by atoms with Crippen molar-refractivity contribution in [1.82, 2.24) is 10.6 Å². The molecule has 0 fully saturated rings. The van der Waals surface area contributed by atoms with Crippen molar-refractivity contribution in [3.05, 3.63) is 144 Å². The molecule has 0 saturated heterocycles. The summed E-state index contributed by atoms with van der Waals surface area (Å²) in [6.07, 6.45) is 0. The standard InChI is InChI=1S/C28H26N2O/c31-26(30-28(24-17-9-3-10-18-24)25-19-11-4-12-20-25)21-29-27(22-13-5-1-6-14-22)23-15-7-2-8-16-23/h1-20,27-29H,21H2,(H,30,31). The third-order valence-corrected chi connectivity index (χ3v) is 5.30. The van der Waals surface area contributed by atoms with E-state index < -0.39 is 0 Å². The van der Waals surface area contributed by atoms with E-state index in [4.69, 9.17) is 0 Å². The van der Waals surface area contributed by atoms with Crippen LogP contribution in [0.15, 0.2) is 121 Å². The molecule has 31 heavy (non-hydrogen) atoms. The first-order valence-electron chi connectivity index (χ1n) is 10.5. The zero-order chi connectivity index (χ0) is 21.3. The summed E-state index contributed by atoms with van der Waals surface area (Å²) in [7, 11) is 0. The monoisotopic (exact) mass is 406 g/mol. The maximum Gasteiger partial charge on any atom is 0.234 e. The summed E-state index contributed by atoms with van der Waals surface area (Å²) in [6.45, 7) is 0.213. The Morgan fingerprint density at radius 1 is 0.516 bits per heavy atom. The van der Waals surface area contributed by atoms with Gasteiger partial charge in [-0.3, -0.25) is 10.1 Å². The fourth-order valence-electron chi connectivity index (χ4n) is 3.78. The maximum atomic E-state index is 13.0. The number of rotatable bonds is 8. The zero-order valence-corrected chi connectivity index (χ0v) is 17.3. The van der Waals surface area contributed by atoms with Crippen molar-refractivity contribution in [2.24, 2.45) is 0 Å². The van der Waals surface area contributed by atoms with Gasteiger partial charge in [-0.1, -0.05) is 121 Å². The first-order chi connectivity index (χ1) is 15.3. The van der Waals surface area contributed by atoms with Crippen molar-refractivity contribution >= 4 is 5.91 Å². The Kier molecular flexibility index (Phi) is 6.89. The quantitative estimate of drug-likeness (QED) is 0.418. The van der Waals surface area contributed by atoms with Crippen LogP contribution in [0.5, 0.6) is 0 Å². The zero-order valence-electron chi connectivity index (χ0n) is 17.3. The van der Waals surface area contributed by atoms with Crippen LogP contribution < -0.4 is 10.6 Å². The molecule has 0 saturated carbocycles. The minimum Gasteiger partial charge on any atom is -0.344 e. The number of carbonyl (C=O) groups is 1. The lowest BCUT2D eigenvalue weighted by Crippen LogP contribution is -2.38. The number of benzene rings is 4. The van der Waals surface area contributed by atoms with Crippen LogP contribution in [-0.4, -0.2) is 12.5 Å². The number of carbonyl (C=O) groups excluding carboxylic acids is 1. The van der Waals surface area contributed by atoms with Gasteiger partial charge in [0.15, 0.2) is 0 Å². The molecule has 3 nitrogen and oxygen atoms in total. The van der Waals surface area contributed by atoms with Gasteiger partial charge in [-0.2, -0.15) is 0 Å².